The molecule has 2 bridgehead atoms. The maximum absolute atomic E-state index is 12.7. The first-order valence-corrected chi connectivity index (χ1v) is 10.3. The Balaban J connectivity index is 1.90. The molecule has 0 aromatic rings. The maximum atomic E-state index is 12.7. The van der Waals surface area contributed by atoms with Crippen molar-refractivity contribution in [1.82, 2.24) is 0 Å². The molecule has 0 spiro atoms. The lowest BCUT2D eigenvalue weighted by atomic mass is 9.82. The lowest BCUT2D eigenvalue weighted by Crippen LogP contribution is -2.45. The highest BCUT2D eigenvalue weighted by molar-refractivity contribution is 5.89. The summed E-state index contributed by atoms with van der Waals surface area (Å²) in [5, 5.41) is 9.36. The van der Waals surface area contributed by atoms with Gasteiger partial charge in [-0.3, -0.25) is 10.1 Å². The van der Waals surface area contributed by atoms with Crippen LogP contribution in [0.2, 0.25) is 0 Å². The summed E-state index contributed by atoms with van der Waals surface area (Å²) in [5.74, 6) is -0.924. The van der Waals surface area contributed by atoms with Crippen LogP contribution in [-0.2, 0) is 28.7 Å². The van der Waals surface area contributed by atoms with Crippen LogP contribution < -0.4 is 0 Å². The number of hydrogen-bond acceptors (Lipinski definition) is 7. The Morgan fingerprint density at radius 2 is 1.86 bits per heavy atom. The van der Waals surface area contributed by atoms with Crippen LogP contribution in [-0.4, -0.2) is 46.7 Å². The van der Waals surface area contributed by atoms with Gasteiger partial charge < -0.3 is 14.2 Å². The molecule has 0 unspecified atom stereocenters. The Kier molecular flexibility index (Phi) is 6.22. The van der Waals surface area contributed by atoms with E-state index in [9.17, 15) is 14.8 Å². The van der Waals surface area contributed by atoms with Gasteiger partial charge in [-0.2, -0.15) is 0 Å². The molecule has 1 aliphatic carbocycles. The molecule has 2 saturated heterocycles. The van der Waals surface area contributed by atoms with Gasteiger partial charge in [-0.05, 0) is 70.3 Å². The van der Waals surface area contributed by atoms with E-state index in [1.165, 1.54) is 6.92 Å². The lowest BCUT2D eigenvalue weighted by Gasteiger charge is -2.36. The molecule has 0 radical (unpaired) electrons. The third-order valence-electron chi connectivity index (χ3n) is 6.81. The van der Waals surface area contributed by atoms with Crippen LogP contribution in [0.1, 0.15) is 65.7 Å². The van der Waals surface area contributed by atoms with Crippen molar-refractivity contribution in [2.45, 2.75) is 95.2 Å². The summed E-state index contributed by atoms with van der Waals surface area (Å²) in [6.07, 6.45) is 2.95. The minimum Gasteiger partial charge on any atom is -0.458 e. The summed E-state index contributed by atoms with van der Waals surface area (Å²) >= 11 is 0. The van der Waals surface area contributed by atoms with Crippen LogP contribution in [0.15, 0.2) is 24.3 Å². The monoisotopic (exact) mass is 408 g/mol. The quantitative estimate of drug-likeness (QED) is 0.186. The molecule has 162 valence electrons. The Morgan fingerprint density at radius 3 is 2.52 bits per heavy atom. The van der Waals surface area contributed by atoms with Crippen molar-refractivity contribution in [3.05, 3.63) is 24.3 Å². The number of rotatable bonds is 2. The molecular formula is C22H32O7. The van der Waals surface area contributed by atoms with Gasteiger partial charge in [0.2, 0.25) is 0 Å². The second-order valence-electron chi connectivity index (χ2n) is 9.05. The fraction of sp³-hybridized carbons (Fsp3) is 0.727. The van der Waals surface area contributed by atoms with Gasteiger partial charge in [0.05, 0.1) is 11.7 Å². The predicted octanol–water partition coefficient (Wildman–Crippen LogP) is 3.72. The number of fused-ring (bicyclic) bond motifs is 4. The summed E-state index contributed by atoms with van der Waals surface area (Å²) in [4.78, 5) is 29.2. The van der Waals surface area contributed by atoms with Crippen LogP contribution >= 0.6 is 0 Å². The first kappa shape index (κ1) is 22.0. The maximum Gasteiger partial charge on any atom is 0.334 e. The fourth-order valence-corrected chi connectivity index (χ4v) is 4.60. The van der Waals surface area contributed by atoms with Crippen molar-refractivity contribution < 1.29 is 33.9 Å². The van der Waals surface area contributed by atoms with Crippen LogP contribution in [0, 0.1) is 5.92 Å². The van der Waals surface area contributed by atoms with Crippen LogP contribution in [0.3, 0.4) is 0 Å². The Morgan fingerprint density at radius 1 is 1.17 bits per heavy atom. The normalized spacial score (nSPS) is 41.0. The zero-order chi connectivity index (χ0) is 21.4. The van der Waals surface area contributed by atoms with E-state index in [0.717, 1.165) is 0 Å². The molecule has 3 rings (SSSR count). The molecule has 2 heterocycles. The van der Waals surface area contributed by atoms with E-state index in [1.807, 2.05) is 6.92 Å². The van der Waals surface area contributed by atoms with Crippen molar-refractivity contribution in [2.75, 3.05) is 0 Å². The first-order chi connectivity index (χ1) is 13.6. The zero-order valence-electron chi connectivity index (χ0n) is 17.6. The van der Waals surface area contributed by atoms with E-state index < -0.39 is 29.7 Å². The van der Waals surface area contributed by atoms with Gasteiger partial charge in [0, 0.05) is 12.5 Å². The number of esters is 2. The average Bonchev–Trinajstić information content (AvgIpc) is 3.31. The Hall–Kier alpha value is -1.70. The highest BCUT2D eigenvalue weighted by atomic mass is 17.1. The molecule has 0 aromatic heterocycles. The second kappa shape index (κ2) is 8.20. The summed E-state index contributed by atoms with van der Waals surface area (Å²) in [5.41, 5.74) is -0.118. The van der Waals surface area contributed by atoms with Gasteiger partial charge in [0.25, 0.3) is 0 Å². The molecule has 3 fully saturated rings. The van der Waals surface area contributed by atoms with Crippen molar-refractivity contribution in [3.8, 4) is 0 Å². The smallest absolute Gasteiger partial charge is 0.334 e. The molecule has 3 aliphatic rings. The van der Waals surface area contributed by atoms with Gasteiger partial charge in [0.15, 0.2) is 0 Å². The minimum atomic E-state index is -0.964. The highest BCUT2D eigenvalue weighted by Gasteiger charge is 2.54. The molecule has 29 heavy (non-hydrogen) atoms. The lowest BCUT2D eigenvalue weighted by molar-refractivity contribution is -0.270. The summed E-state index contributed by atoms with van der Waals surface area (Å²) < 4.78 is 17.3. The van der Waals surface area contributed by atoms with Crippen LogP contribution in [0.4, 0.5) is 0 Å². The molecule has 0 aromatic carbocycles. The number of epoxide rings is 1. The van der Waals surface area contributed by atoms with Gasteiger partial charge in [-0.1, -0.05) is 13.2 Å². The molecule has 1 saturated carbocycles. The molecule has 1 N–H and O–H groups in total. The third kappa shape index (κ3) is 4.73. The second-order valence-corrected chi connectivity index (χ2v) is 9.05. The van der Waals surface area contributed by atoms with E-state index in [4.69, 9.17) is 14.2 Å². The summed E-state index contributed by atoms with van der Waals surface area (Å²) in [6.45, 7) is 13.2. The molecule has 7 heteroatoms. The standard InChI is InChI=1S/C22H32O7/c1-13-6-7-18(26-15(3)23)21(4)10-8-16(14(2)20(24)28-21)12-19-22(5,27-19)11-9-17(13)29-25/h16-19,25H,1-2,6-12H2,3-5H3/t16-,17-,18-,19+,21-,22+/m1/s1. The fourth-order valence-electron chi connectivity index (χ4n) is 4.60. The minimum absolute atomic E-state index is 0.0150. The molecule has 6 atom stereocenters. The Bertz CT molecular complexity index is 701. The van der Waals surface area contributed by atoms with Crippen LogP contribution in [0.5, 0.6) is 0 Å². The van der Waals surface area contributed by atoms with Crippen LogP contribution in [0.25, 0.3) is 0 Å². The van der Waals surface area contributed by atoms with Crippen molar-refractivity contribution >= 4 is 11.9 Å². The molecule has 2 aliphatic heterocycles. The van der Waals surface area contributed by atoms with Gasteiger partial charge in [0.1, 0.15) is 17.8 Å². The van der Waals surface area contributed by atoms with E-state index >= 15 is 0 Å². The average molecular weight is 408 g/mol. The first-order valence-electron chi connectivity index (χ1n) is 10.3. The van der Waals surface area contributed by atoms with E-state index in [-0.39, 0.29) is 17.6 Å². The predicted molar refractivity (Wildman–Crippen MR) is 105 cm³/mol. The van der Waals surface area contributed by atoms with Gasteiger partial charge >= 0.3 is 11.9 Å². The Labute approximate surface area is 172 Å². The van der Waals surface area contributed by atoms with E-state index in [1.54, 1.807) is 6.92 Å². The molecule has 0 amide bonds. The van der Waals surface area contributed by atoms with Gasteiger partial charge in [-0.15, -0.1) is 0 Å². The summed E-state index contributed by atoms with van der Waals surface area (Å²) in [7, 11) is 0. The topological polar surface area (TPSA) is 94.6 Å². The van der Waals surface area contributed by atoms with E-state index in [0.29, 0.717) is 56.1 Å². The third-order valence-corrected chi connectivity index (χ3v) is 6.81. The van der Waals surface area contributed by atoms with Crippen molar-refractivity contribution in [3.63, 3.8) is 0 Å². The molecule has 7 nitrogen and oxygen atoms in total. The number of ether oxygens (including phenoxy) is 3. The van der Waals surface area contributed by atoms with Crippen molar-refractivity contribution in [2.24, 2.45) is 5.92 Å². The van der Waals surface area contributed by atoms with E-state index in [2.05, 4.69) is 18.0 Å². The SMILES string of the molecule is C=C1C(=O)O[C@]2(C)CC[C@@H]1C[C@@H]1O[C@@]1(C)CC[C@@H](OO)C(=C)CC[C@H]2OC(C)=O. The number of carbonyl (C=O) groups is 2. The number of carbonyl (C=O) groups excluding carboxylic acids is 2. The zero-order valence-corrected chi connectivity index (χ0v) is 17.6. The largest absolute Gasteiger partial charge is 0.458 e. The summed E-state index contributed by atoms with van der Waals surface area (Å²) in [6, 6.07) is 0. The molecular weight excluding hydrogens is 376 g/mol. The number of hydrogen-bond donors (Lipinski definition) is 1. The highest BCUT2D eigenvalue weighted by Crippen LogP contribution is 2.48. The van der Waals surface area contributed by atoms with Crippen molar-refractivity contribution in [1.29, 1.82) is 0 Å². The van der Waals surface area contributed by atoms with Gasteiger partial charge in [-0.25, -0.2) is 9.68 Å².